The Bertz CT molecular complexity index is 452. The lowest BCUT2D eigenvalue weighted by Crippen LogP contribution is -2.15. The average molecular weight is 290 g/mol. The maximum atomic E-state index is 12.3. The van der Waals surface area contributed by atoms with E-state index in [0.29, 0.717) is 12.3 Å². The average Bonchev–Trinajstić information content (AvgIpc) is 2.86. The summed E-state index contributed by atoms with van der Waals surface area (Å²) < 4.78 is 36.8. The molecule has 0 radical (unpaired) electrons. The molecule has 0 aromatic carbocycles. The van der Waals surface area contributed by atoms with Crippen LogP contribution >= 0.6 is 0 Å². The Morgan fingerprint density at radius 2 is 2.00 bits per heavy atom. The van der Waals surface area contributed by atoms with Crippen LogP contribution in [0, 0.1) is 5.92 Å². The maximum absolute atomic E-state index is 12.3. The quantitative estimate of drug-likeness (QED) is 0.895. The second kappa shape index (κ2) is 6.23. The zero-order valence-electron chi connectivity index (χ0n) is 11.0. The fourth-order valence-electron chi connectivity index (χ4n) is 2.44. The van der Waals surface area contributed by atoms with Gasteiger partial charge in [-0.05, 0) is 12.3 Å². The number of H-pyrrole nitrogens is 1. The fraction of sp³-hybridized carbons (Fsp3) is 0.750. The molecule has 20 heavy (non-hydrogen) atoms. The molecule has 5 nitrogen and oxygen atoms in total. The van der Waals surface area contributed by atoms with Crippen LogP contribution in [-0.2, 0) is 11.0 Å². The molecule has 1 saturated carbocycles. The summed E-state index contributed by atoms with van der Waals surface area (Å²) in [5.74, 6) is -1.33. The van der Waals surface area contributed by atoms with E-state index < -0.39 is 12.0 Å². The molecule has 2 rings (SSSR count). The van der Waals surface area contributed by atoms with Crippen LogP contribution in [0.2, 0.25) is 0 Å². The van der Waals surface area contributed by atoms with E-state index in [-0.39, 0.29) is 11.9 Å². The van der Waals surface area contributed by atoms with E-state index in [4.69, 9.17) is 0 Å². The van der Waals surface area contributed by atoms with Gasteiger partial charge in [-0.2, -0.15) is 18.2 Å². The van der Waals surface area contributed by atoms with E-state index in [0.717, 1.165) is 19.3 Å². The maximum Gasteiger partial charge on any atom is 0.451 e. The van der Waals surface area contributed by atoms with Crippen molar-refractivity contribution >= 4 is 11.9 Å². The standard InChI is InChI=1S/C12H17F3N4O/c13-12(14,15)10-17-11(19-18-10)16-9(20)7-6-8-4-2-1-3-5-8/h8H,1-7H2,(H2,16,17,18,19,20). The van der Waals surface area contributed by atoms with E-state index in [2.05, 4.69) is 15.4 Å². The molecule has 1 aliphatic carbocycles. The Hall–Kier alpha value is -1.60. The topological polar surface area (TPSA) is 70.7 Å². The molecule has 8 heteroatoms. The monoisotopic (exact) mass is 290 g/mol. The normalized spacial score (nSPS) is 17.1. The third-order valence-electron chi connectivity index (χ3n) is 3.51. The van der Waals surface area contributed by atoms with Gasteiger partial charge in [-0.25, -0.2) is 0 Å². The molecule has 1 heterocycles. The number of anilines is 1. The molecule has 1 aromatic heterocycles. The van der Waals surface area contributed by atoms with Crippen molar-refractivity contribution in [1.29, 1.82) is 0 Å². The molecular formula is C12H17F3N4O. The molecule has 0 saturated heterocycles. The lowest BCUT2D eigenvalue weighted by atomic mass is 9.86. The van der Waals surface area contributed by atoms with Crippen molar-refractivity contribution in [2.75, 3.05) is 5.32 Å². The first-order valence-electron chi connectivity index (χ1n) is 6.74. The lowest BCUT2D eigenvalue weighted by Gasteiger charge is -2.20. The minimum Gasteiger partial charge on any atom is -0.293 e. The smallest absolute Gasteiger partial charge is 0.293 e. The van der Waals surface area contributed by atoms with Crippen molar-refractivity contribution in [3.63, 3.8) is 0 Å². The number of hydrogen-bond acceptors (Lipinski definition) is 3. The highest BCUT2D eigenvalue weighted by atomic mass is 19.4. The van der Waals surface area contributed by atoms with Crippen molar-refractivity contribution < 1.29 is 18.0 Å². The molecule has 1 amide bonds. The van der Waals surface area contributed by atoms with E-state index in [1.807, 2.05) is 0 Å². The highest BCUT2D eigenvalue weighted by Crippen LogP contribution is 2.28. The number of nitrogens with one attached hydrogen (secondary N) is 2. The molecule has 1 fully saturated rings. The van der Waals surface area contributed by atoms with E-state index in [1.165, 1.54) is 19.3 Å². The van der Waals surface area contributed by atoms with Gasteiger partial charge >= 0.3 is 6.18 Å². The van der Waals surface area contributed by atoms with Gasteiger partial charge in [-0.15, -0.1) is 5.10 Å². The van der Waals surface area contributed by atoms with Crippen molar-refractivity contribution in [3.05, 3.63) is 5.82 Å². The van der Waals surface area contributed by atoms with Crippen molar-refractivity contribution in [2.24, 2.45) is 5.92 Å². The fourth-order valence-corrected chi connectivity index (χ4v) is 2.44. The van der Waals surface area contributed by atoms with E-state index >= 15 is 0 Å². The van der Waals surface area contributed by atoms with Gasteiger partial charge in [-0.1, -0.05) is 32.1 Å². The Labute approximate surface area is 114 Å². The summed E-state index contributed by atoms with van der Waals surface area (Å²) in [6.45, 7) is 0. The number of rotatable bonds is 4. The van der Waals surface area contributed by atoms with Crippen LogP contribution in [0.3, 0.4) is 0 Å². The molecule has 1 aliphatic rings. The van der Waals surface area contributed by atoms with E-state index in [1.54, 1.807) is 5.10 Å². The summed E-state index contributed by atoms with van der Waals surface area (Å²) in [6, 6.07) is 0. The summed E-state index contributed by atoms with van der Waals surface area (Å²) in [7, 11) is 0. The van der Waals surface area contributed by atoms with Gasteiger partial charge in [-0.3, -0.25) is 15.2 Å². The van der Waals surface area contributed by atoms with Crippen LogP contribution in [0.1, 0.15) is 50.8 Å². The first-order valence-corrected chi connectivity index (χ1v) is 6.74. The zero-order chi connectivity index (χ0) is 14.6. The Kier molecular flexibility index (Phi) is 4.61. The molecule has 0 bridgehead atoms. The van der Waals surface area contributed by atoms with E-state index in [9.17, 15) is 18.0 Å². The number of amides is 1. The predicted molar refractivity (Wildman–Crippen MR) is 65.8 cm³/mol. The number of aromatic amines is 1. The Morgan fingerprint density at radius 3 is 2.60 bits per heavy atom. The first-order chi connectivity index (χ1) is 9.45. The number of carbonyl (C=O) groups excluding carboxylic acids is 1. The molecule has 112 valence electrons. The van der Waals surface area contributed by atoms with Gasteiger partial charge in [0.1, 0.15) is 0 Å². The van der Waals surface area contributed by atoms with Gasteiger partial charge in [0.2, 0.25) is 17.7 Å². The SMILES string of the molecule is O=C(CCC1CCCCC1)Nc1n[nH]c(C(F)(F)F)n1. The number of alkyl halides is 3. The van der Waals surface area contributed by atoms with Crippen molar-refractivity contribution in [3.8, 4) is 0 Å². The molecule has 0 spiro atoms. The number of aromatic nitrogens is 3. The first kappa shape index (κ1) is 14.8. The minimum atomic E-state index is -4.59. The third kappa shape index (κ3) is 4.21. The van der Waals surface area contributed by atoms with Gasteiger partial charge in [0.25, 0.3) is 0 Å². The van der Waals surface area contributed by atoms with Crippen LogP contribution in [-0.4, -0.2) is 21.1 Å². The largest absolute Gasteiger partial charge is 0.451 e. The summed E-state index contributed by atoms with van der Waals surface area (Å²) in [5, 5.41) is 7.37. The van der Waals surface area contributed by atoms with Gasteiger partial charge in [0, 0.05) is 6.42 Å². The summed E-state index contributed by atoms with van der Waals surface area (Å²) in [6.07, 6.45) is 2.38. The second-order valence-electron chi connectivity index (χ2n) is 5.10. The zero-order valence-corrected chi connectivity index (χ0v) is 11.0. The molecular weight excluding hydrogens is 273 g/mol. The van der Waals surface area contributed by atoms with Gasteiger partial charge in [0.05, 0.1) is 0 Å². The van der Waals surface area contributed by atoms with Crippen molar-refractivity contribution in [1.82, 2.24) is 15.2 Å². The summed E-state index contributed by atoms with van der Waals surface area (Å²) in [5.41, 5.74) is 0. The molecule has 0 atom stereocenters. The number of halogens is 3. The van der Waals surface area contributed by atoms with Crippen LogP contribution in [0.5, 0.6) is 0 Å². The Balaban J connectivity index is 1.77. The molecule has 0 aliphatic heterocycles. The molecule has 2 N–H and O–H groups in total. The molecule has 0 unspecified atom stereocenters. The van der Waals surface area contributed by atoms with Crippen molar-refractivity contribution in [2.45, 2.75) is 51.1 Å². The third-order valence-corrected chi connectivity index (χ3v) is 3.51. The van der Waals surface area contributed by atoms with Crippen LogP contribution < -0.4 is 5.32 Å². The van der Waals surface area contributed by atoms with Crippen LogP contribution in [0.25, 0.3) is 0 Å². The number of hydrogen-bond donors (Lipinski definition) is 2. The van der Waals surface area contributed by atoms with Crippen LogP contribution in [0.4, 0.5) is 19.1 Å². The summed E-state index contributed by atoms with van der Waals surface area (Å²) in [4.78, 5) is 14.8. The Morgan fingerprint density at radius 1 is 1.30 bits per heavy atom. The van der Waals surface area contributed by atoms with Gasteiger partial charge < -0.3 is 0 Å². The number of nitrogens with zero attached hydrogens (tertiary/aromatic N) is 2. The molecule has 1 aromatic rings. The van der Waals surface area contributed by atoms with Crippen LogP contribution in [0.15, 0.2) is 0 Å². The van der Waals surface area contributed by atoms with Gasteiger partial charge in [0.15, 0.2) is 0 Å². The lowest BCUT2D eigenvalue weighted by molar-refractivity contribution is -0.144. The number of carbonyl (C=O) groups is 1. The highest BCUT2D eigenvalue weighted by molar-refractivity contribution is 5.88. The minimum absolute atomic E-state index is 0.292. The predicted octanol–water partition coefficient (Wildman–Crippen LogP) is 3.12. The highest BCUT2D eigenvalue weighted by Gasteiger charge is 2.35. The summed E-state index contributed by atoms with van der Waals surface area (Å²) >= 11 is 0. The second-order valence-corrected chi connectivity index (χ2v) is 5.10.